The summed E-state index contributed by atoms with van der Waals surface area (Å²) < 4.78 is 33.9. The summed E-state index contributed by atoms with van der Waals surface area (Å²) >= 11 is 0. The van der Waals surface area contributed by atoms with Gasteiger partial charge in [0.2, 0.25) is 6.79 Å². The summed E-state index contributed by atoms with van der Waals surface area (Å²) in [7, 11) is 0. The maximum Gasteiger partial charge on any atom is 0.260 e. The molecule has 1 N–H and O–H groups in total. The van der Waals surface area contributed by atoms with Gasteiger partial charge in [-0.3, -0.25) is 14.5 Å². The molecule has 10 nitrogen and oxygen atoms in total. The average Bonchev–Trinajstić information content (AvgIpc) is 3.84. The molecule has 4 aliphatic rings. The second-order valence-electron chi connectivity index (χ2n) is 14.8. The molecule has 2 amide bonds. The Morgan fingerprint density at radius 1 is 0.836 bits per heavy atom. The van der Waals surface area contributed by atoms with Gasteiger partial charge in [-0.05, 0) is 97.0 Å². The van der Waals surface area contributed by atoms with E-state index in [1.54, 1.807) is 29.2 Å². The maximum atomic E-state index is 15.2. The summed E-state index contributed by atoms with van der Waals surface area (Å²) in [6.07, 6.45) is 3.27. The van der Waals surface area contributed by atoms with Crippen molar-refractivity contribution in [3.8, 4) is 28.5 Å². The van der Waals surface area contributed by atoms with Gasteiger partial charge in [0.25, 0.3) is 11.8 Å². The molecule has 0 saturated carbocycles. The first-order chi connectivity index (χ1) is 26.9. The van der Waals surface area contributed by atoms with E-state index in [0.29, 0.717) is 72.2 Å². The number of rotatable bonds is 8. The third-order valence-corrected chi connectivity index (χ3v) is 11.3. The van der Waals surface area contributed by atoms with Crippen LogP contribution in [0.25, 0.3) is 11.3 Å². The number of phenols is 1. The Kier molecular flexibility index (Phi) is 9.49. The van der Waals surface area contributed by atoms with Crippen molar-refractivity contribution in [1.29, 1.82) is 0 Å². The zero-order valence-corrected chi connectivity index (χ0v) is 30.6. The molecule has 55 heavy (non-hydrogen) atoms. The molecule has 4 aromatic carbocycles. The number of fused-ring (bicyclic) bond motifs is 3. The standard InChI is InChI=1S/C44H43FN4O6/c45-32-9-5-6-29(20-32)25-48(33-11-13-35(50)14-12-33)44(52)38-22-40(47-15-4-3-10-39(38)47)36-23-41-42(55-28-54-41)24-37(36)43(51)49-26-31-8-2-1-7-30(31)21-34(49)27-46-16-18-53-19-17-46/h1-2,5-9,11-14,20,22-24,34,50H,3-4,10,15-19,21,25-28H2/t34-/m0/s1. The number of halogens is 1. The molecular weight excluding hydrogens is 700 g/mol. The number of morpholine rings is 1. The number of benzene rings is 4. The highest BCUT2D eigenvalue weighted by molar-refractivity contribution is 6.09. The van der Waals surface area contributed by atoms with Crippen LogP contribution in [0.5, 0.6) is 17.2 Å². The predicted octanol–water partition coefficient (Wildman–Crippen LogP) is 6.81. The van der Waals surface area contributed by atoms with E-state index in [2.05, 4.69) is 27.7 Å². The number of ether oxygens (including phenoxy) is 3. The van der Waals surface area contributed by atoms with Crippen LogP contribution in [0.15, 0.2) is 91.0 Å². The molecule has 1 aromatic heterocycles. The topological polar surface area (TPSA) is 96.7 Å². The van der Waals surface area contributed by atoms with Gasteiger partial charge in [0, 0.05) is 61.4 Å². The van der Waals surface area contributed by atoms with Gasteiger partial charge in [-0.2, -0.15) is 0 Å². The second kappa shape index (κ2) is 14.9. The Bertz CT molecular complexity index is 2250. The van der Waals surface area contributed by atoms with Gasteiger partial charge < -0.3 is 33.7 Å². The first-order valence-corrected chi connectivity index (χ1v) is 19.1. The van der Waals surface area contributed by atoms with E-state index in [1.807, 2.05) is 29.2 Å². The largest absolute Gasteiger partial charge is 0.508 e. The molecule has 0 unspecified atom stereocenters. The number of hydrogen-bond donors (Lipinski definition) is 1. The highest BCUT2D eigenvalue weighted by atomic mass is 19.1. The number of hydrogen-bond acceptors (Lipinski definition) is 7. The number of nitrogens with zero attached hydrogens (tertiary/aromatic N) is 4. The van der Waals surface area contributed by atoms with E-state index in [1.165, 1.54) is 29.8 Å². The van der Waals surface area contributed by atoms with Gasteiger partial charge in [-0.25, -0.2) is 4.39 Å². The van der Waals surface area contributed by atoms with Crippen molar-refractivity contribution >= 4 is 17.5 Å². The fraction of sp³-hybridized carbons (Fsp3) is 0.318. The summed E-state index contributed by atoms with van der Waals surface area (Å²) in [4.78, 5) is 36.0. The lowest BCUT2D eigenvalue weighted by molar-refractivity contribution is 0.0193. The monoisotopic (exact) mass is 742 g/mol. The molecule has 0 bridgehead atoms. The Labute approximate surface area is 319 Å². The first kappa shape index (κ1) is 35.1. The Morgan fingerprint density at radius 2 is 1.62 bits per heavy atom. The molecule has 0 spiro atoms. The lowest BCUT2D eigenvalue weighted by atomic mass is 9.92. The lowest BCUT2D eigenvalue weighted by Gasteiger charge is -2.40. The summed E-state index contributed by atoms with van der Waals surface area (Å²) in [5.74, 6) is 0.412. The van der Waals surface area contributed by atoms with Crippen molar-refractivity contribution in [3.63, 3.8) is 0 Å². The summed E-state index contributed by atoms with van der Waals surface area (Å²) in [5.41, 5.74) is 6.95. The molecule has 0 aliphatic carbocycles. The molecule has 11 heteroatoms. The fourth-order valence-electron chi connectivity index (χ4n) is 8.52. The molecule has 1 atom stereocenters. The van der Waals surface area contributed by atoms with E-state index in [0.717, 1.165) is 55.8 Å². The van der Waals surface area contributed by atoms with Gasteiger partial charge in [0.15, 0.2) is 11.5 Å². The third-order valence-electron chi connectivity index (χ3n) is 11.3. The molecule has 4 aliphatic heterocycles. The number of aromatic hydroxyl groups is 1. The van der Waals surface area contributed by atoms with Crippen molar-refractivity contribution in [2.45, 2.75) is 51.4 Å². The van der Waals surface area contributed by atoms with Crippen LogP contribution < -0.4 is 14.4 Å². The van der Waals surface area contributed by atoms with Crippen LogP contribution >= 0.6 is 0 Å². The van der Waals surface area contributed by atoms with E-state index in [-0.39, 0.29) is 42.8 Å². The van der Waals surface area contributed by atoms with Crippen molar-refractivity contribution in [2.24, 2.45) is 0 Å². The van der Waals surface area contributed by atoms with Crippen LogP contribution in [0.1, 0.15) is 55.9 Å². The van der Waals surface area contributed by atoms with Crippen molar-refractivity contribution in [2.75, 3.05) is 44.5 Å². The molecule has 1 saturated heterocycles. The minimum absolute atomic E-state index is 0.0564. The van der Waals surface area contributed by atoms with E-state index in [9.17, 15) is 14.3 Å². The minimum atomic E-state index is -0.386. The van der Waals surface area contributed by atoms with Crippen molar-refractivity contribution in [3.05, 3.63) is 130 Å². The van der Waals surface area contributed by atoms with Gasteiger partial charge >= 0.3 is 0 Å². The molecule has 0 radical (unpaired) electrons. The maximum absolute atomic E-state index is 15.2. The second-order valence-corrected chi connectivity index (χ2v) is 14.8. The van der Waals surface area contributed by atoms with Crippen molar-refractivity contribution in [1.82, 2.24) is 14.4 Å². The highest BCUT2D eigenvalue weighted by Gasteiger charge is 2.36. The van der Waals surface area contributed by atoms with Gasteiger partial charge in [0.1, 0.15) is 11.6 Å². The number of carbonyl (C=O) groups excluding carboxylic acids is 2. The summed E-state index contributed by atoms with van der Waals surface area (Å²) in [6, 6.07) is 26.6. The Morgan fingerprint density at radius 3 is 2.42 bits per heavy atom. The van der Waals surface area contributed by atoms with Crippen LogP contribution in [0.2, 0.25) is 0 Å². The van der Waals surface area contributed by atoms with Gasteiger partial charge in [-0.1, -0.05) is 36.4 Å². The van der Waals surface area contributed by atoms with Crippen LogP contribution in [0.3, 0.4) is 0 Å². The van der Waals surface area contributed by atoms with E-state index in [4.69, 9.17) is 14.2 Å². The molecule has 9 rings (SSSR count). The minimum Gasteiger partial charge on any atom is -0.508 e. The lowest BCUT2D eigenvalue weighted by Crippen LogP contribution is -2.52. The SMILES string of the molecule is O=C(c1cc(-c2cc3c(cc2C(=O)N2Cc4ccccc4C[C@H]2CN2CCOCC2)OCO3)n2c1CCCC2)N(Cc1cccc(F)c1)c1ccc(O)cc1. The molecule has 282 valence electrons. The predicted molar refractivity (Wildman–Crippen MR) is 205 cm³/mol. The molecular formula is C44H43FN4O6. The molecule has 5 aromatic rings. The van der Waals surface area contributed by atoms with Crippen LogP contribution in [0.4, 0.5) is 10.1 Å². The van der Waals surface area contributed by atoms with Crippen LogP contribution in [0, 0.1) is 5.82 Å². The van der Waals surface area contributed by atoms with Gasteiger partial charge in [-0.15, -0.1) is 0 Å². The van der Waals surface area contributed by atoms with Crippen molar-refractivity contribution < 1.29 is 33.3 Å². The van der Waals surface area contributed by atoms with Gasteiger partial charge in [0.05, 0.1) is 30.9 Å². The quantitative estimate of drug-likeness (QED) is 0.187. The van der Waals surface area contributed by atoms with Crippen LogP contribution in [-0.4, -0.2) is 77.0 Å². The van der Waals surface area contributed by atoms with E-state index < -0.39 is 0 Å². The third kappa shape index (κ3) is 6.94. The zero-order chi connectivity index (χ0) is 37.5. The smallest absolute Gasteiger partial charge is 0.260 e. The zero-order valence-electron chi connectivity index (χ0n) is 30.6. The van der Waals surface area contributed by atoms with E-state index >= 15 is 4.79 Å². The molecule has 1 fully saturated rings. The average molecular weight is 743 g/mol. The fourth-order valence-corrected chi connectivity index (χ4v) is 8.52. The highest BCUT2D eigenvalue weighted by Crippen LogP contribution is 2.42. The summed E-state index contributed by atoms with van der Waals surface area (Å²) in [5, 5.41) is 10.1. The number of anilines is 1. The molecule has 5 heterocycles. The Balaban J connectivity index is 1.13. The normalized spacial score (nSPS) is 17.8. The number of phenolic OH excluding ortho intramolecular Hbond substituents is 1. The van der Waals surface area contributed by atoms with Crippen LogP contribution in [-0.2, 0) is 37.2 Å². The Hall–Kier alpha value is -5.65. The number of carbonyl (C=O) groups is 2. The summed E-state index contributed by atoms with van der Waals surface area (Å²) in [6.45, 7) is 5.08. The number of amides is 2. The first-order valence-electron chi connectivity index (χ1n) is 19.1. The number of aromatic nitrogens is 1.